The van der Waals surface area contributed by atoms with Gasteiger partial charge < -0.3 is 9.47 Å². The van der Waals surface area contributed by atoms with Crippen LogP contribution in [0, 0.1) is 5.92 Å². The third kappa shape index (κ3) is 8.20. The molecule has 2 rings (SSSR count). The molecular weight excluding hydrogens is 434 g/mol. The molecule has 9 nitrogen and oxygen atoms in total. The number of anilines is 1. The van der Waals surface area contributed by atoms with Crippen molar-refractivity contribution in [2.24, 2.45) is 5.92 Å². The fourth-order valence-corrected chi connectivity index (χ4v) is 3.59. The standard InChI is InChI=1S/C22H29N3O6S/c1-4-31-19-9-11-20(12-10-19)32(28,29)25-18-7-5-17(6-8-18)22(27)24-23-21(26)13-14-30-15-16(2)3/h5-12,16,25H,4,13-15H2,1-3H3,(H,23,26)(H,24,27). The summed E-state index contributed by atoms with van der Waals surface area (Å²) in [5.41, 5.74) is 5.18. The monoisotopic (exact) mass is 463 g/mol. The van der Waals surface area contributed by atoms with Crippen LogP contribution in [0.15, 0.2) is 53.4 Å². The van der Waals surface area contributed by atoms with E-state index in [0.29, 0.717) is 30.6 Å². The molecule has 0 unspecified atom stereocenters. The molecule has 0 radical (unpaired) electrons. The lowest BCUT2D eigenvalue weighted by molar-refractivity contribution is -0.123. The maximum absolute atomic E-state index is 12.5. The minimum Gasteiger partial charge on any atom is -0.494 e. The second-order valence-electron chi connectivity index (χ2n) is 7.31. The van der Waals surface area contributed by atoms with Gasteiger partial charge in [0.15, 0.2) is 0 Å². The summed E-state index contributed by atoms with van der Waals surface area (Å²) in [5.74, 6) is 0.0624. The highest BCUT2D eigenvalue weighted by molar-refractivity contribution is 7.92. The second-order valence-corrected chi connectivity index (χ2v) is 8.99. The summed E-state index contributed by atoms with van der Waals surface area (Å²) in [4.78, 5) is 24.0. The molecule has 0 spiro atoms. The van der Waals surface area contributed by atoms with E-state index in [9.17, 15) is 18.0 Å². The van der Waals surface area contributed by atoms with Crippen molar-refractivity contribution in [1.82, 2.24) is 10.9 Å². The molecule has 0 aliphatic rings. The quantitative estimate of drug-likeness (QED) is 0.348. The van der Waals surface area contributed by atoms with Crippen LogP contribution in [-0.2, 0) is 19.6 Å². The summed E-state index contributed by atoms with van der Waals surface area (Å²) in [6.45, 7) is 7.18. The van der Waals surface area contributed by atoms with E-state index in [-0.39, 0.29) is 29.4 Å². The lowest BCUT2D eigenvalue weighted by Crippen LogP contribution is -2.42. The SMILES string of the molecule is CCOc1ccc(S(=O)(=O)Nc2ccc(C(=O)NNC(=O)CCOCC(C)C)cc2)cc1. The number of ether oxygens (including phenoxy) is 2. The number of sulfonamides is 1. The molecule has 0 fully saturated rings. The van der Waals surface area contributed by atoms with E-state index in [1.165, 1.54) is 36.4 Å². The zero-order valence-corrected chi connectivity index (χ0v) is 19.2. The Morgan fingerprint density at radius 2 is 1.62 bits per heavy atom. The van der Waals surface area contributed by atoms with Gasteiger partial charge in [0.05, 0.1) is 24.5 Å². The minimum absolute atomic E-state index is 0.0860. The molecule has 0 aromatic heterocycles. The van der Waals surface area contributed by atoms with Crippen LogP contribution in [0.25, 0.3) is 0 Å². The fraction of sp³-hybridized carbons (Fsp3) is 0.364. The number of amides is 2. The number of carbonyl (C=O) groups is 2. The lowest BCUT2D eigenvalue weighted by Gasteiger charge is -2.11. The van der Waals surface area contributed by atoms with Gasteiger partial charge in [0, 0.05) is 17.9 Å². The number of hydrogen-bond donors (Lipinski definition) is 3. The highest BCUT2D eigenvalue weighted by atomic mass is 32.2. The van der Waals surface area contributed by atoms with Crippen LogP contribution in [0.3, 0.4) is 0 Å². The maximum atomic E-state index is 12.5. The van der Waals surface area contributed by atoms with Gasteiger partial charge in [0.2, 0.25) is 5.91 Å². The molecule has 0 saturated heterocycles. The number of rotatable bonds is 11. The third-order valence-electron chi connectivity index (χ3n) is 4.08. The van der Waals surface area contributed by atoms with Crippen molar-refractivity contribution in [3.63, 3.8) is 0 Å². The third-order valence-corrected chi connectivity index (χ3v) is 5.48. The summed E-state index contributed by atoms with van der Waals surface area (Å²) < 4.78 is 38.1. The number of carbonyl (C=O) groups excluding carboxylic acids is 2. The van der Waals surface area contributed by atoms with Crippen molar-refractivity contribution in [3.05, 3.63) is 54.1 Å². The number of hydrazine groups is 1. The molecule has 2 aromatic rings. The maximum Gasteiger partial charge on any atom is 0.269 e. The first-order chi connectivity index (χ1) is 15.2. The summed E-state index contributed by atoms with van der Waals surface area (Å²) >= 11 is 0. The van der Waals surface area contributed by atoms with E-state index in [1.807, 2.05) is 20.8 Å². The summed E-state index contributed by atoms with van der Waals surface area (Å²) in [5, 5.41) is 0. The lowest BCUT2D eigenvalue weighted by atomic mass is 10.2. The average Bonchev–Trinajstić information content (AvgIpc) is 2.76. The highest BCUT2D eigenvalue weighted by Crippen LogP contribution is 2.19. The van der Waals surface area contributed by atoms with Gasteiger partial charge in [0.25, 0.3) is 15.9 Å². The van der Waals surface area contributed by atoms with Crippen molar-refractivity contribution in [1.29, 1.82) is 0 Å². The van der Waals surface area contributed by atoms with Crippen molar-refractivity contribution in [3.8, 4) is 5.75 Å². The predicted molar refractivity (Wildman–Crippen MR) is 121 cm³/mol. The topological polar surface area (TPSA) is 123 Å². The molecule has 174 valence electrons. The molecule has 0 atom stereocenters. The van der Waals surface area contributed by atoms with Gasteiger partial charge >= 0.3 is 0 Å². The van der Waals surface area contributed by atoms with Crippen LogP contribution in [0.4, 0.5) is 5.69 Å². The molecular formula is C22H29N3O6S. The number of hydrogen-bond acceptors (Lipinski definition) is 6. The normalized spacial score (nSPS) is 11.1. The Hall–Kier alpha value is -3.11. The zero-order chi connectivity index (χ0) is 23.6. The largest absolute Gasteiger partial charge is 0.494 e. The Balaban J connectivity index is 1.86. The van der Waals surface area contributed by atoms with E-state index in [2.05, 4.69) is 15.6 Å². The molecule has 0 bridgehead atoms. The van der Waals surface area contributed by atoms with Crippen LogP contribution in [0.1, 0.15) is 37.6 Å². The van der Waals surface area contributed by atoms with Gasteiger partial charge in [-0.15, -0.1) is 0 Å². The van der Waals surface area contributed by atoms with Crippen molar-refractivity contribution in [2.75, 3.05) is 24.5 Å². The first-order valence-corrected chi connectivity index (χ1v) is 11.7. The average molecular weight is 464 g/mol. The molecule has 0 saturated carbocycles. The Morgan fingerprint density at radius 1 is 0.969 bits per heavy atom. The summed E-state index contributed by atoms with van der Waals surface area (Å²) in [6.07, 6.45) is 0.124. The van der Waals surface area contributed by atoms with Crippen LogP contribution in [-0.4, -0.2) is 40.1 Å². The molecule has 32 heavy (non-hydrogen) atoms. The molecule has 3 N–H and O–H groups in total. The van der Waals surface area contributed by atoms with Crippen LogP contribution in [0.2, 0.25) is 0 Å². The van der Waals surface area contributed by atoms with Gasteiger partial charge in [-0.3, -0.25) is 25.2 Å². The molecule has 0 aliphatic heterocycles. The van der Waals surface area contributed by atoms with E-state index in [1.54, 1.807) is 12.1 Å². The van der Waals surface area contributed by atoms with E-state index in [0.717, 1.165) is 0 Å². The van der Waals surface area contributed by atoms with Crippen molar-refractivity contribution < 1.29 is 27.5 Å². The first-order valence-electron chi connectivity index (χ1n) is 10.2. The molecule has 0 heterocycles. The van der Waals surface area contributed by atoms with E-state index < -0.39 is 15.9 Å². The Bertz CT molecular complexity index is 989. The highest BCUT2D eigenvalue weighted by Gasteiger charge is 2.15. The second kappa shape index (κ2) is 12.1. The van der Waals surface area contributed by atoms with Gasteiger partial charge in [-0.1, -0.05) is 13.8 Å². The van der Waals surface area contributed by atoms with E-state index in [4.69, 9.17) is 9.47 Å². The van der Waals surface area contributed by atoms with Crippen LogP contribution >= 0.6 is 0 Å². The van der Waals surface area contributed by atoms with Gasteiger partial charge in [-0.25, -0.2) is 8.42 Å². The van der Waals surface area contributed by atoms with Crippen molar-refractivity contribution >= 4 is 27.5 Å². The Morgan fingerprint density at radius 3 is 2.22 bits per heavy atom. The van der Waals surface area contributed by atoms with Crippen molar-refractivity contribution in [2.45, 2.75) is 32.1 Å². The molecule has 2 amide bonds. The Labute approximate surface area is 188 Å². The van der Waals surface area contributed by atoms with Crippen LogP contribution in [0.5, 0.6) is 5.75 Å². The molecule has 10 heteroatoms. The molecule has 0 aliphatic carbocycles. The Kier molecular flexibility index (Phi) is 9.48. The molecule has 2 aromatic carbocycles. The van der Waals surface area contributed by atoms with Gasteiger partial charge in [-0.2, -0.15) is 0 Å². The first kappa shape index (κ1) is 25.2. The minimum atomic E-state index is -3.79. The number of nitrogens with one attached hydrogen (secondary N) is 3. The van der Waals surface area contributed by atoms with E-state index >= 15 is 0 Å². The smallest absolute Gasteiger partial charge is 0.269 e. The summed E-state index contributed by atoms with van der Waals surface area (Å²) in [7, 11) is -3.79. The predicted octanol–water partition coefficient (Wildman–Crippen LogP) is 2.71. The fourth-order valence-electron chi connectivity index (χ4n) is 2.53. The van der Waals surface area contributed by atoms with Crippen LogP contribution < -0.4 is 20.3 Å². The van der Waals surface area contributed by atoms with Gasteiger partial charge in [0.1, 0.15) is 5.75 Å². The summed E-state index contributed by atoms with van der Waals surface area (Å²) in [6, 6.07) is 11.9. The zero-order valence-electron chi connectivity index (χ0n) is 18.4. The number of benzene rings is 2. The van der Waals surface area contributed by atoms with Gasteiger partial charge in [-0.05, 0) is 61.4 Å².